The van der Waals surface area contributed by atoms with Gasteiger partial charge in [0.2, 0.25) is 11.8 Å². The van der Waals surface area contributed by atoms with Gasteiger partial charge in [0.05, 0.1) is 19.1 Å². The molecule has 4 rings (SSSR count). The molecule has 0 spiro atoms. The number of aryl methyl sites for hydroxylation is 1. The van der Waals surface area contributed by atoms with E-state index in [4.69, 9.17) is 9.15 Å². The minimum absolute atomic E-state index is 0.0306. The fraction of sp³-hybridized carbons (Fsp3) is 0.389. The monoisotopic (exact) mass is 342 g/mol. The minimum atomic E-state index is -0.527. The van der Waals surface area contributed by atoms with Crippen LogP contribution >= 0.6 is 0 Å². The Morgan fingerprint density at radius 3 is 2.88 bits per heavy atom. The van der Waals surface area contributed by atoms with Crippen LogP contribution in [0.5, 0.6) is 5.75 Å². The maximum Gasteiger partial charge on any atom is 0.340 e. The lowest BCUT2D eigenvalue weighted by Crippen LogP contribution is -2.50. The number of fused-ring (bicyclic) bond motifs is 3. The number of hydrogen-bond acceptors (Lipinski definition) is 5. The summed E-state index contributed by atoms with van der Waals surface area (Å²) in [5.41, 5.74) is 0.958. The van der Waals surface area contributed by atoms with Crippen molar-refractivity contribution in [3.63, 3.8) is 0 Å². The first kappa shape index (κ1) is 15.7. The summed E-state index contributed by atoms with van der Waals surface area (Å²) in [6.07, 6.45) is 0.586. The first-order chi connectivity index (χ1) is 12.0. The first-order valence-corrected chi connectivity index (χ1v) is 8.18. The van der Waals surface area contributed by atoms with Gasteiger partial charge in [0.15, 0.2) is 0 Å². The zero-order valence-corrected chi connectivity index (χ0v) is 14.0. The van der Waals surface area contributed by atoms with E-state index >= 15 is 0 Å². The first-order valence-electron chi connectivity index (χ1n) is 8.18. The lowest BCUT2D eigenvalue weighted by molar-refractivity contribution is -0.139. The van der Waals surface area contributed by atoms with Crippen molar-refractivity contribution in [2.75, 3.05) is 13.7 Å². The van der Waals surface area contributed by atoms with Crippen molar-refractivity contribution in [3.05, 3.63) is 39.7 Å². The lowest BCUT2D eigenvalue weighted by atomic mass is 10.0. The van der Waals surface area contributed by atoms with Crippen molar-refractivity contribution < 1.29 is 18.7 Å². The summed E-state index contributed by atoms with van der Waals surface area (Å²) in [5, 5.41) is 3.60. The van der Waals surface area contributed by atoms with Gasteiger partial charge in [0.1, 0.15) is 17.4 Å². The summed E-state index contributed by atoms with van der Waals surface area (Å²) in [7, 11) is 1.54. The van der Waals surface area contributed by atoms with E-state index in [0.717, 1.165) is 10.9 Å². The van der Waals surface area contributed by atoms with Crippen LogP contribution in [0.25, 0.3) is 11.0 Å². The number of hydrogen-bond donors (Lipinski definition) is 1. The average Bonchev–Trinajstić information content (AvgIpc) is 3.17. The van der Waals surface area contributed by atoms with E-state index in [0.29, 0.717) is 29.9 Å². The summed E-state index contributed by atoms with van der Waals surface area (Å²) < 4.78 is 10.5. The van der Waals surface area contributed by atoms with Crippen LogP contribution in [0.2, 0.25) is 0 Å². The maximum atomic E-state index is 12.6. The van der Waals surface area contributed by atoms with Gasteiger partial charge in [-0.05, 0) is 31.0 Å². The highest BCUT2D eigenvalue weighted by atomic mass is 16.5. The molecule has 1 aromatic heterocycles. The van der Waals surface area contributed by atoms with Gasteiger partial charge in [-0.25, -0.2) is 4.79 Å². The normalized spacial score (nSPS) is 21.7. The Kier molecular flexibility index (Phi) is 3.52. The number of methoxy groups -OCH3 is 1. The number of rotatable bonds is 3. The van der Waals surface area contributed by atoms with Gasteiger partial charge in [-0.15, -0.1) is 0 Å². The van der Waals surface area contributed by atoms with E-state index in [1.165, 1.54) is 0 Å². The zero-order valence-electron chi connectivity index (χ0n) is 14.0. The van der Waals surface area contributed by atoms with Crippen LogP contribution in [0.1, 0.15) is 17.5 Å². The van der Waals surface area contributed by atoms with E-state index in [1.807, 2.05) is 6.07 Å². The van der Waals surface area contributed by atoms with E-state index in [9.17, 15) is 14.4 Å². The van der Waals surface area contributed by atoms with E-state index in [1.54, 1.807) is 31.1 Å². The SMILES string of the molecule is COc1ccc2c(C)c(CC(=O)N3C[C@@H]4C[C@H]3C(=O)N4)c(=O)oc2c1. The molecule has 2 saturated heterocycles. The van der Waals surface area contributed by atoms with Crippen molar-refractivity contribution >= 4 is 22.8 Å². The van der Waals surface area contributed by atoms with Crippen molar-refractivity contribution in [3.8, 4) is 5.75 Å². The summed E-state index contributed by atoms with van der Waals surface area (Å²) in [4.78, 5) is 38.4. The van der Waals surface area contributed by atoms with Crippen molar-refractivity contribution in [1.82, 2.24) is 10.2 Å². The van der Waals surface area contributed by atoms with Crippen LogP contribution in [0, 0.1) is 6.92 Å². The molecule has 25 heavy (non-hydrogen) atoms. The second-order valence-electron chi connectivity index (χ2n) is 6.54. The van der Waals surface area contributed by atoms with E-state index < -0.39 is 11.7 Å². The molecule has 7 heteroatoms. The molecule has 2 aliphatic rings. The number of nitrogens with one attached hydrogen (secondary N) is 1. The number of carbonyl (C=O) groups excluding carboxylic acids is 2. The molecule has 1 N–H and O–H groups in total. The molecule has 0 aliphatic carbocycles. The second-order valence-corrected chi connectivity index (χ2v) is 6.54. The van der Waals surface area contributed by atoms with Gasteiger partial charge >= 0.3 is 5.63 Å². The quantitative estimate of drug-likeness (QED) is 0.832. The molecule has 2 aromatic rings. The summed E-state index contributed by atoms with van der Waals surface area (Å²) in [6.45, 7) is 2.31. The van der Waals surface area contributed by atoms with Crippen LogP contribution in [0.3, 0.4) is 0 Å². The number of benzene rings is 1. The minimum Gasteiger partial charge on any atom is -0.497 e. The highest BCUT2D eigenvalue weighted by molar-refractivity contribution is 5.92. The fourth-order valence-corrected chi connectivity index (χ4v) is 3.72. The third-order valence-corrected chi connectivity index (χ3v) is 5.09. The Labute approximate surface area is 143 Å². The molecule has 0 saturated carbocycles. The van der Waals surface area contributed by atoms with Crippen LogP contribution in [0.15, 0.2) is 27.4 Å². The molecule has 2 bridgehead atoms. The van der Waals surface area contributed by atoms with Gasteiger partial charge in [-0.2, -0.15) is 0 Å². The third kappa shape index (κ3) is 2.47. The van der Waals surface area contributed by atoms with E-state index in [-0.39, 0.29) is 24.3 Å². The predicted molar refractivity (Wildman–Crippen MR) is 89.5 cm³/mol. The van der Waals surface area contributed by atoms with Crippen LogP contribution in [0.4, 0.5) is 0 Å². The van der Waals surface area contributed by atoms with Gasteiger partial charge in [0.25, 0.3) is 0 Å². The molecular weight excluding hydrogens is 324 g/mol. The van der Waals surface area contributed by atoms with Crippen molar-refractivity contribution in [1.29, 1.82) is 0 Å². The molecule has 0 radical (unpaired) electrons. The van der Waals surface area contributed by atoms with E-state index in [2.05, 4.69) is 5.32 Å². The standard InChI is InChI=1S/C18H18N2O5/c1-9-12-4-3-11(24-2)6-15(12)25-18(23)13(9)7-16(21)20-8-10-5-14(20)17(22)19-10/h3-4,6,10,14H,5,7-8H2,1-2H3,(H,19,22)/t10-,14-/m0/s1. The highest BCUT2D eigenvalue weighted by Crippen LogP contribution is 2.27. The Bertz CT molecular complexity index is 948. The molecule has 0 unspecified atom stereocenters. The number of nitrogens with zero attached hydrogens (tertiary/aromatic N) is 1. The van der Waals surface area contributed by atoms with Gasteiger partial charge in [-0.3, -0.25) is 9.59 Å². The fourth-order valence-electron chi connectivity index (χ4n) is 3.72. The molecule has 2 aliphatic heterocycles. The molecular formula is C18H18N2O5. The molecule has 2 amide bonds. The largest absolute Gasteiger partial charge is 0.497 e. The van der Waals surface area contributed by atoms with Crippen molar-refractivity contribution in [2.24, 2.45) is 0 Å². The Morgan fingerprint density at radius 2 is 2.20 bits per heavy atom. The molecule has 1 aromatic carbocycles. The van der Waals surface area contributed by atoms with Crippen molar-refractivity contribution in [2.45, 2.75) is 31.8 Å². The van der Waals surface area contributed by atoms with Gasteiger partial charge in [-0.1, -0.05) is 0 Å². The summed E-state index contributed by atoms with van der Waals surface area (Å²) in [5.74, 6) is 0.266. The summed E-state index contributed by atoms with van der Waals surface area (Å²) >= 11 is 0. The topological polar surface area (TPSA) is 88.9 Å². The highest BCUT2D eigenvalue weighted by Gasteiger charge is 2.46. The molecule has 2 fully saturated rings. The molecule has 7 nitrogen and oxygen atoms in total. The Balaban J connectivity index is 1.66. The van der Waals surface area contributed by atoms with Gasteiger partial charge in [0, 0.05) is 24.0 Å². The zero-order chi connectivity index (χ0) is 17.7. The van der Waals surface area contributed by atoms with Crippen LogP contribution < -0.4 is 15.7 Å². The number of ether oxygens (including phenoxy) is 1. The lowest BCUT2D eigenvalue weighted by Gasteiger charge is -2.26. The average molecular weight is 342 g/mol. The van der Waals surface area contributed by atoms with Gasteiger partial charge < -0.3 is 19.4 Å². The summed E-state index contributed by atoms with van der Waals surface area (Å²) in [6, 6.07) is 4.87. The number of piperazine rings is 1. The molecule has 3 heterocycles. The Hall–Kier alpha value is -2.83. The molecule has 2 atom stereocenters. The smallest absolute Gasteiger partial charge is 0.340 e. The molecule has 130 valence electrons. The third-order valence-electron chi connectivity index (χ3n) is 5.09. The van der Waals surface area contributed by atoms with Crippen LogP contribution in [-0.2, 0) is 16.0 Å². The Morgan fingerprint density at radius 1 is 1.40 bits per heavy atom. The van der Waals surface area contributed by atoms with Crippen LogP contribution in [-0.4, -0.2) is 42.5 Å². The predicted octanol–water partition coefficient (Wildman–Crippen LogP) is 0.752. The number of likely N-dealkylation sites (tertiary alicyclic amines) is 1. The number of carbonyl (C=O) groups is 2. The second kappa shape index (κ2) is 5.61. The maximum absolute atomic E-state index is 12.6. The number of amides is 2.